The van der Waals surface area contributed by atoms with Gasteiger partial charge in [0.2, 0.25) is 0 Å². The van der Waals surface area contributed by atoms with E-state index in [-0.39, 0.29) is 0 Å². The van der Waals surface area contributed by atoms with Crippen LogP contribution in [0.3, 0.4) is 0 Å². The van der Waals surface area contributed by atoms with E-state index in [1.54, 1.807) is 0 Å². The molecule has 3 heterocycles. The van der Waals surface area contributed by atoms with Crippen LogP contribution in [0.2, 0.25) is 0 Å². The Morgan fingerprint density at radius 3 is 2.08 bits per heavy atom. The molecule has 0 bridgehead atoms. The number of hydrogen-bond acceptors (Lipinski definition) is 2. The van der Waals surface area contributed by atoms with Crippen LogP contribution in [0.25, 0.3) is 70.2 Å². The van der Waals surface area contributed by atoms with Gasteiger partial charge in [-0.2, -0.15) is 0 Å². The Hall–Kier alpha value is -4.73. The van der Waals surface area contributed by atoms with Gasteiger partial charge in [-0.3, -0.25) is 0 Å². The first-order valence-corrected chi connectivity index (χ1v) is 14.1. The number of aryl methyl sites for hydroxylation is 1. The minimum atomic E-state index is 1.03. The topological polar surface area (TPSA) is 17.8 Å². The molecule has 0 aliphatic carbocycles. The predicted octanol–water partition coefficient (Wildman–Crippen LogP) is 10.2. The molecular weight excluding hydrogens is 492 g/mol. The van der Waals surface area contributed by atoms with Gasteiger partial charge in [0.1, 0.15) is 4.83 Å². The average molecular weight is 517 g/mol. The van der Waals surface area contributed by atoms with Crippen LogP contribution < -0.4 is 0 Å². The Kier molecular flexibility index (Phi) is 4.94. The van der Waals surface area contributed by atoms with E-state index < -0.39 is 0 Å². The second-order valence-electron chi connectivity index (χ2n) is 10.1. The second-order valence-corrected chi connectivity index (χ2v) is 11.1. The van der Waals surface area contributed by atoms with Gasteiger partial charge in [0.15, 0.2) is 0 Å². The van der Waals surface area contributed by atoms with Gasteiger partial charge in [0.25, 0.3) is 0 Å². The van der Waals surface area contributed by atoms with E-state index in [0.29, 0.717) is 0 Å². The lowest BCUT2D eigenvalue weighted by molar-refractivity contribution is 1.19. The summed E-state index contributed by atoms with van der Waals surface area (Å²) in [6.07, 6.45) is 0. The normalized spacial score (nSPS) is 11.7. The third-order valence-corrected chi connectivity index (χ3v) is 8.85. The van der Waals surface area contributed by atoms with Crippen molar-refractivity contribution in [3.63, 3.8) is 0 Å². The van der Waals surface area contributed by atoms with Gasteiger partial charge in [-0.15, -0.1) is 11.3 Å². The molecule has 3 heteroatoms. The number of rotatable bonds is 3. The fourth-order valence-electron chi connectivity index (χ4n) is 5.79. The van der Waals surface area contributed by atoms with Crippen LogP contribution in [-0.2, 0) is 0 Å². The lowest BCUT2D eigenvalue weighted by Crippen LogP contribution is -1.92. The molecule has 184 valence electrons. The zero-order chi connectivity index (χ0) is 25.9. The maximum absolute atomic E-state index is 5.19. The molecule has 0 saturated heterocycles. The molecular formula is C36H24N2S. The number of nitrogens with zero attached hydrogens (tertiary/aromatic N) is 2. The standard InChI is InChI=1S/C36H24N2S/c1-23-16-18-24(19-17-23)26-20-21-29-31(22-26)38(27-12-6-3-7-13-27)36-33(29)32-28-14-8-9-15-30(28)37-34(35(32)39-36)25-10-4-2-5-11-25/h2-22H,1H3. The van der Waals surface area contributed by atoms with Crippen LogP contribution in [0.5, 0.6) is 0 Å². The zero-order valence-electron chi connectivity index (χ0n) is 21.4. The summed E-state index contributed by atoms with van der Waals surface area (Å²) in [7, 11) is 0. The summed E-state index contributed by atoms with van der Waals surface area (Å²) in [5, 5.41) is 5.07. The molecule has 0 amide bonds. The highest BCUT2D eigenvalue weighted by molar-refractivity contribution is 7.26. The van der Waals surface area contributed by atoms with Gasteiger partial charge in [-0.05, 0) is 42.3 Å². The molecule has 0 radical (unpaired) electrons. The first-order valence-electron chi connectivity index (χ1n) is 13.2. The van der Waals surface area contributed by atoms with Crippen LogP contribution in [-0.4, -0.2) is 9.55 Å². The molecule has 8 aromatic rings. The van der Waals surface area contributed by atoms with Crippen LogP contribution in [0.1, 0.15) is 5.56 Å². The summed E-state index contributed by atoms with van der Waals surface area (Å²) >= 11 is 1.85. The van der Waals surface area contributed by atoms with Gasteiger partial charge in [0.05, 0.1) is 21.4 Å². The molecule has 0 atom stereocenters. The van der Waals surface area contributed by atoms with Crippen molar-refractivity contribution < 1.29 is 0 Å². The van der Waals surface area contributed by atoms with Crippen molar-refractivity contribution in [3.05, 3.63) is 133 Å². The van der Waals surface area contributed by atoms with E-state index in [9.17, 15) is 0 Å². The summed E-state index contributed by atoms with van der Waals surface area (Å²) in [5.41, 5.74) is 9.36. The first kappa shape index (κ1) is 22.3. The number of fused-ring (bicyclic) bond motifs is 7. The number of aromatic nitrogens is 2. The second kappa shape index (κ2) is 8.65. The van der Waals surface area contributed by atoms with Crippen molar-refractivity contribution in [2.75, 3.05) is 0 Å². The molecule has 0 N–H and O–H groups in total. The third-order valence-electron chi connectivity index (χ3n) is 7.67. The Bertz CT molecular complexity index is 2150. The van der Waals surface area contributed by atoms with Crippen molar-refractivity contribution in [1.29, 1.82) is 0 Å². The van der Waals surface area contributed by atoms with Crippen molar-refractivity contribution in [2.24, 2.45) is 0 Å². The van der Waals surface area contributed by atoms with Gasteiger partial charge in [0, 0.05) is 32.8 Å². The molecule has 0 aliphatic heterocycles. The number of hydrogen-bond donors (Lipinski definition) is 0. The highest BCUT2D eigenvalue weighted by Gasteiger charge is 2.22. The Labute approximate surface area is 230 Å². The Morgan fingerprint density at radius 1 is 0.590 bits per heavy atom. The minimum absolute atomic E-state index is 1.03. The van der Waals surface area contributed by atoms with E-state index in [4.69, 9.17) is 4.98 Å². The maximum atomic E-state index is 5.19. The molecule has 8 rings (SSSR count). The number of para-hydroxylation sites is 2. The van der Waals surface area contributed by atoms with Crippen LogP contribution >= 0.6 is 11.3 Å². The molecule has 0 saturated carbocycles. The lowest BCUT2D eigenvalue weighted by Gasteiger charge is -2.09. The van der Waals surface area contributed by atoms with Crippen LogP contribution in [0.4, 0.5) is 0 Å². The summed E-state index contributed by atoms with van der Waals surface area (Å²) < 4.78 is 3.68. The smallest absolute Gasteiger partial charge is 0.109 e. The SMILES string of the molecule is Cc1ccc(-c2ccc3c4c5c(sc4n(-c4ccccc4)c3c2)c(-c2ccccc2)nc2ccccc25)cc1. The molecule has 0 fully saturated rings. The van der Waals surface area contributed by atoms with E-state index in [1.165, 1.54) is 59.0 Å². The highest BCUT2D eigenvalue weighted by Crippen LogP contribution is 2.48. The summed E-state index contributed by atoms with van der Waals surface area (Å²) in [4.78, 5) is 6.45. The zero-order valence-corrected chi connectivity index (χ0v) is 22.2. The first-order chi connectivity index (χ1) is 19.3. The molecule has 0 aliphatic rings. The Morgan fingerprint density at radius 2 is 1.28 bits per heavy atom. The van der Waals surface area contributed by atoms with Crippen molar-refractivity contribution >= 4 is 53.4 Å². The molecule has 0 unspecified atom stereocenters. The van der Waals surface area contributed by atoms with Crippen LogP contribution in [0.15, 0.2) is 127 Å². The molecule has 0 spiro atoms. The van der Waals surface area contributed by atoms with E-state index >= 15 is 0 Å². The minimum Gasteiger partial charge on any atom is -0.301 e. The van der Waals surface area contributed by atoms with Gasteiger partial charge in [-0.25, -0.2) is 4.98 Å². The number of pyridine rings is 1. The van der Waals surface area contributed by atoms with Crippen molar-refractivity contribution in [3.8, 4) is 28.1 Å². The lowest BCUT2D eigenvalue weighted by atomic mass is 10.0. The fourth-order valence-corrected chi connectivity index (χ4v) is 7.17. The van der Waals surface area contributed by atoms with Gasteiger partial charge < -0.3 is 4.57 Å². The average Bonchev–Trinajstić information content (AvgIpc) is 3.53. The van der Waals surface area contributed by atoms with E-state index in [1.807, 2.05) is 11.3 Å². The van der Waals surface area contributed by atoms with Gasteiger partial charge in [-0.1, -0.05) is 109 Å². The number of benzene rings is 5. The quantitative estimate of drug-likeness (QED) is 0.228. The third kappa shape index (κ3) is 3.44. The monoisotopic (exact) mass is 516 g/mol. The fraction of sp³-hybridized carbons (Fsp3) is 0.0278. The maximum Gasteiger partial charge on any atom is 0.109 e. The van der Waals surface area contributed by atoms with E-state index in [2.05, 4.69) is 139 Å². The van der Waals surface area contributed by atoms with Crippen molar-refractivity contribution in [2.45, 2.75) is 6.92 Å². The Balaban J connectivity index is 1.55. The number of thiophene rings is 1. The summed E-state index contributed by atoms with van der Waals surface area (Å²) in [6.45, 7) is 2.13. The van der Waals surface area contributed by atoms with Gasteiger partial charge >= 0.3 is 0 Å². The van der Waals surface area contributed by atoms with E-state index in [0.717, 1.165) is 16.8 Å². The summed E-state index contributed by atoms with van der Waals surface area (Å²) in [6, 6.07) is 45.6. The molecule has 2 nitrogen and oxygen atoms in total. The molecule has 5 aromatic carbocycles. The van der Waals surface area contributed by atoms with Crippen LogP contribution in [0, 0.1) is 6.92 Å². The molecule has 3 aromatic heterocycles. The predicted molar refractivity (Wildman–Crippen MR) is 167 cm³/mol. The summed E-state index contributed by atoms with van der Waals surface area (Å²) in [5.74, 6) is 0. The highest BCUT2D eigenvalue weighted by atomic mass is 32.1. The molecule has 39 heavy (non-hydrogen) atoms. The van der Waals surface area contributed by atoms with Crippen molar-refractivity contribution in [1.82, 2.24) is 9.55 Å². The largest absolute Gasteiger partial charge is 0.301 e.